The Morgan fingerprint density at radius 3 is 1.03 bits per heavy atom. The number of carbonyl (C=O) groups is 3. The molecule has 7 aromatic carbocycles. The number of aromatic nitrogens is 6. The van der Waals surface area contributed by atoms with Gasteiger partial charge in [0.1, 0.15) is 50.4 Å². The molecule has 3 amide bonds. The van der Waals surface area contributed by atoms with Crippen LogP contribution >= 0.6 is 116 Å². The molecule has 33 nitrogen and oxygen atoms in total. The highest BCUT2D eigenvalue weighted by Gasteiger charge is 2.40. The van der Waals surface area contributed by atoms with Gasteiger partial charge in [-0.1, -0.05) is 202 Å². The van der Waals surface area contributed by atoms with Gasteiger partial charge in [0.05, 0.1) is 68.5 Å². The fraction of sp³-hybridized carbons (Fsp3) is 0.322. The summed E-state index contributed by atoms with van der Waals surface area (Å²) in [6.07, 6.45) is 1.25. The number of alkyl halides is 3. The van der Waals surface area contributed by atoms with E-state index in [1.54, 1.807) is 154 Å². The van der Waals surface area contributed by atoms with Gasteiger partial charge >= 0.3 is 69.8 Å². The molecule has 1 atom stereocenters. The van der Waals surface area contributed by atoms with Crippen LogP contribution in [0.1, 0.15) is 114 Å². The summed E-state index contributed by atoms with van der Waals surface area (Å²) in [5.74, 6) is 1.06. The second kappa shape index (κ2) is 59.7. The minimum atomic E-state index is -5.01. The number of carbonyl (C=O) groups excluding carboxylic acids is 3. The molecule has 0 aliphatic rings. The molecule has 0 aliphatic heterocycles. The molecule has 48 heteroatoms. The Balaban J connectivity index is 0.000000277. The van der Waals surface area contributed by atoms with E-state index < -0.39 is 82.6 Å². The van der Waals surface area contributed by atoms with E-state index in [4.69, 9.17) is 123 Å². The van der Waals surface area contributed by atoms with Crippen LogP contribution in [0.15, 0.2) is 257 Å². The maximum absolute atomic E-state index is 12.9. The highest BCUT2D eigenvalue weighted by molar-refractivity contribution is 7.99. The number of benzene rings is 7. The first kappa shape index (κ1) is 118. The Hall–Kier alpha value is -9.02. The maximum atomic E-state index is 12.9. The number of nitrogens with two attached hydrogens (primary N) is 1. The van der Waals surface area contributed by atoms with Crippen LogP contribution in [0.3, 0.4) is 0 Å². The predicted octanol–water partition coefficient (Wildman–Crippen LogP) is 23.3. The second-order valence-electron chi connectivity index (χ2n) is 29.6. The van der Waals surface area contributed by atoms with Gasteiger partial charge in [-0.3, -0.25) is 28.5 Å². The Kier molecular flexibility index (Phi) is 50.9. The number of imidazole rings is 2. The molecule has 4 heterocycles. The first-order chi connectivity index (χ1) is 65.4. The highest BCUT2D eigenvalue weighted by atomic mass is 35.5. The summed E-state index contributed by atoms with van der Waals surface area (Å²) in [4.78, 5) is 97.9. The number of rotatable bonds is 43. The predicted molar refractivity (Wildman–Crippen MR) is 530 cm³/mol. The zero-order valence-electron chi connectivity index (χ0n) is 76.4. The number of amides is 3. The van der Waals surface area contributed by atoms with Crippen molar-refractivity contribution in [3.8, 4) is 28.7 Å². The fourth-order valence-electron chi connectivity index (χ4n) is 11.4. The minimum absolute atomic E-state index is 0.00694. The first-order valence-corrected chi connectivity index (χ1v) is 56.4. The van der Waals surface area contributed by atoms with Gasteiger partial charge in [-0.05, 0) is 171 Å². The van der Waals surface area contributed by atoms with Crippen LogP contribution in [0.25, 0.3) is 0 Å². The Bertz CT molecular complexity index is 5690. The standard InChI is InChI=1S/C28H29Cl2N4O5PS.C26H33Cl2N4O5PS.C16H15F3NO4P.C15H17O3P.C3H9O3P.C2H8NO3P/c1-19(2)26-27(41-24-15-21(29)14-22(30)16-24)34(17-20-8-10-31-11-9-20)25(33-26)18-38-28(35)32-12-13-40(36,37)39-23-6-4-3-5-7-23;1-5-36-38(34,37-6-2)12-11-30-26(33)35-17-23-31-24(18(3)4)25(32(23)16-19-7-9-29-10-8-19)39-22-14-20(27)13-21(28)15-22;17-16(18,19)15(21)20-11-12-25(22,23-13-7-3-1-4-8-13)24-14-9-5-2-6-10-14;1-2-13-19(16,17-14-9-5-3-6-10-14)18-15-11-7-4-8-12-15;1-2-3-7(4,5)6;3-1-2-7(4,5)6/h3-11,14-16,19H,12-13,17-18H2,1-2H3,(H,32,35)(H,36,37);7-10,13-15,18H,5-6,11-12,16-17H2,1-4H3,(H,30,33);1-10H,11-12H2,(H,20,21);3-12H,2,13H2,1H3;2-3H2,1H3,(H2,4,5,6);1-3H2,(H2,4,5,6). The highest BCUT2D eigenvalue weighted by Crippen LogP contribution is 2.52. The average Bonchev–Trinajstić information content (AvgIpc) is 1.65. The third kappa shape index (κ3) is 46.1. The van der Waals surface area contributed by atoms with Gasteiger partial charge in [0, 0.05) is 87.0 Å². The maximum Gasteiger partial charge on any atom is 0.471 e. The van der Waals surface area contributed by atoms with E-state index in [0.29, 0.717) is 68.9 Å². The van der Waals surface area contributed by atoms with Gasteiger partial charge in [0.25, 0.3) is 0 Å². The molecule has 750 valence electrons. The SMILES string of the molecule is CC(C)c1nc(COC(=O)NCCP(=O)(O)Oc2ccccc2)n(Cc2ccncc2)c1Sc1cc(Cl)cc(Cl)c1.CCCP(=O)(O)O.CCCP(=O)(Oc1ccccc1)Oc1ccccc1.CCOP(=O)(CCNC(=O)OCc1nc(C(C)C)c(Sc2cc(Cl)cc(Cl)c2)n1Cc1ccncc1)OCC.NCCP(=O)(O)O.O=C(NCCP(=O)(Oc1ccccc1)Oc1ccccc1)C(F)(F)F. The van der Waals surface area contributed by atoms with Crippen molar-refractivity contribution in [1.29, 1.82) is 0 Å². The molecule has 0 spiro atoms. The van der Waals surface area contributed by atoms with E-state index in [-0.39, 0.29) is 99.8 Å². The van der Waals surface area contributed by atoms with Gasteiger partial charge in [-0.2, -0.15) is 13.2 Å². The van der Waals surface area contributed by atoms with Crippen LogP contribution < -0.4 is 44.3 Å². The lowest BCUT2D eigenvalue weighted by atomic mass is 10.1. The van der Waals surface area contributed by atoms with Gasteiger partial charge < -0.3 is 96.4 Å². The van der Waals surface area contributed by atoms with Gasteiger partial charge in [0.15, 0.2) is 13.2 Å². The Morgan fingerprint density at radius 1 is 0.428 bits per heavy atom. The number of nitrogens with zero attached hydrogens (tertiary/aromatic N) is 6. The summed E-state index contributed by atoms with van der Waals surface area (Å²) in [6.45, 7) is 16.1. The largest absolute Gasteiger partial charge is 0.471 e. The van der Waals surface area contributed by atoms with E-state index in [1.165, 1.54) is 47.8 Å². The minimum Gasteiger partial charge on any atom is -0.441 e. The zero-order chi connectivity index (χ0) is 102. The van der Waals surface area contributed by atoms with Gasteiger partial charge in [-0.25, -0.2) is 33.3 Å². The number of hydrogen-bond acceptors (Lipinski definition) is 25. The van der Waals surface area contributed by atoms with Crippen LogP contribution in [-0.2, 0) is 77.0 Å². The van der Waals surface area contributed by atoms with Crippen molar-refractivity contribution >= 4 is 134 Å². The van der Waals surface area contributed by atoms with Crippen molar-refractivity contribution in [1.82, 2.24) is 45.0 Å². The molecular formula is C90H111Cl4F3N10O23P6S2. The normalized spacial score (nSPS) is 11.9. The third-order valence-corrected chi connectivity index (χ3v) is 29.4. The zero-order valence-corrected chi connectivity index (χ0v) is 86.4. The number of ether oxygens (including phenoxy) is 2. The lowest BCUT2D eigenvalue weighted by Crippen LogP contribution is -2.38. The molecule has 0 bridgehead atoms. The van der Waals surface area contributed by atoms with Crippen molar-refractivity contribution in [2.45, 2.75) is 132 Å². The number of hydrogen-bond donors (Lipinski definition) is 9. The van der Waals surface area contributed by atoms with Crippen LogP contribution in [0.4, 0.5) is 22.8 Å². The lowest BCUT2D eigenvalue weighted by molar-refractivity contribution is -0.173. The van der Waals surface area contributed by atoms with Crippen LogP contribution in [0, 0.1) is 0 Å². The third-order valence-electron chi connectivity index (χ3n) is 17.4. The second-order valence-corrected chi connectivity index (χ2v) is 45.2. The Labute approximate surface area is 828 Å². The van der Waals surface area contributed by atoms with Crippen LogP contribution in [0.2, 0.25) is 20.1 Å². The summed E-state index contributed by atoms with van der Waals surface area (Å²) in [7, 11) is -21.7. The smallest absolute Gasteiger partial charge is 0.441 e. The molecule has 11 aromatic rings. The van der Waals surface area contributed by atoms with E-state index in [0.717, 1.165) is 48.8 Å². The quantitative estimate of drug-likeness (QED) is 0.0160. The molecule has 10 N–H and O–H groups in total. The lowest BCUT2D eigenvalue weighted by Gasteiger charge is -2.20. The number of para-hydroxylation sites is 5. The van der Waals surface area contributed by atoms with Gasteiger partial charge in [-0.15, -0.1) is 0 Å². The Morgan fingerprint density at radius 2 is 0.739 bits per heavy atom. The van der Waals surface area contributed by atoms with Crippen molar-refractivity contribution < 1.29 is 121 Å². The molecule has 138 heavy (non-hydrogen) atoms. The molecule has 1 unspecified atom stereocenters. The first-order valence-electron chi connectivity index (χ1n) is 42.7. The van der Waals surface area contributed by atoms with E-state index in [2.05, 4.69) is 34.4 Å². The van der Waals surface area contributed by atoms with Crippen LogP contribution in [0.5, 0.6) is 28.7 Å². The van der Waals surface area contributed by atoms with E-state index in [9.17, 15) is 59.8 Å². The molecule has 0 saturated heterocycles. The van der Waals surface area contributed by atoms with Crippen molar-refractivity contribution in [2.24, 2.45) is 5.73 Å². The summed E-state index contributed by atoms with van der Waals surface area (Å²) < 4.78 is 160. The molecule has 4 aromatic heterocycles. The number of halogens is 7. The molecule has 0 radical (unpaired) electrons. The summed E-state index contributed by atoms with van der Waals surface area (Å²) in [5, 5.41) is 10.7. The number of nitrogens with one attached hydrogen (secondary N) is 3. The van der Waals surface area contributed by atoms with Crippen molar-refractivity contribution in [3.63, 3.8) is 0 Å². The number of pyridine rings is 2. The topological polar surface area (TPSA) is 461 Å². The fourth-order valence-corrected chi connectivity index (χ4v) is 21.7. The van der Waals surface area contributed by atoms with Crippen molar-refractivity contribution in [3.05, 3.63) is 291 Å². The van der Waals surface area contributed by atoms with E-state index in [1.807, 2.05) is 115 Å². The summed E-state index contributed by atoms with van der Waals surface area (Å²) in [5.41, 5.74) is 8.51. The van der Waals surface area contributed by atoms with Crippen molar-refractivity contribution in [2.75, 3.05) is 76.4 Å². The summed E-state index contributed by atoms with van der Waals surface area (Å²) in [6, 6.07) is 61.1. The molecule has 0 saturated carbocycles. The van der Waals surface area contributed by atoms with E-state index >= 15 is 0 Å². The average molecular weight is 2150 g/mol. The van der Waals surface area contributed by atoms with Gasteiger partial charge in [0.2, 0.25) is 0 Å². The number of alkyl carbamates (subject to hydrolysis) is 2. The molecule has 0 aliphatic carbocycles. The monoisotopic (exact) mass is 2150 g/mol. The molecule has 11 rings (SSSR count). The van der Waals surface area contributed by atoms with Crippen LogP contribution in [-0.4, -0.2) is 154 Å². The molecule has 0 fully saturated rings. The summed E-state index contributed by atoms with van der Waals surface area (Å²) >= 11 is 28.0. The molecular weight excluding hydrogens is 2040 g/mol.